The van der Waals surface area contributed by atoms with Crippen LogP contribution in [0.15, 0.2) is 18.3 Å². The summed E-state index contributed by atoms with van der Waals surface area (Å²) in [5.41, 5.74) is 0.749. The van der Waals surface area contributed by atoms with Gasteiger partial charge in [0.05, 0.1) is 18.0 Å². The van der Waals surface area contributed by atoms with Crippen LogP contribution in [0.4, 0.5) is 8.78 Å². The second-order valence-electron chi connectivity index (χ2n) is 3.24. The van der Waals surface area contributed by atoms with E-state index in [1.807, 2.05) is 0 Å². The van der Waals surface area contributed by atoms with Crippen LogP contribution in [0.5, 0.6) is 0 Å². The molecule has 0 spiro atoms. The van der Waals surface area contributed by atoms with E-state index in [1.54, 1.807) is 19.1 Å². The number of carbonyl (C=O) groups is 1. The van der Waals surface area contributed by atoms with E-state index in [2.05, 4.69) is 4.98 Å². The molecule has 1 heterocycles. The second-order valence-corrected chi connectivity index (χ2v) is 3.24. The van der Waals surface area contributed by atoms with Gasteiger partial charge in [0.15, 0.2) is 0 Å². The molecule has 0 aliphatic heterocycles. The summed E-state index contributed by atoms with van der Waals surface area (Å²) in [7, 11) is 0. The molecule has 1 unspecified atom stereocenters. The van der Waals surface area contributed by atoms with E-state index >= 15 is 0 Å². The molecule has 0 fully saturated rings. The van der Waals surface area contributed by atoms with Crippen molar-refractivity contribution in [2.75, 3.05) is 0 Å². The summed E-state index contributed by atoms with van der Waals surface area (Å²) >= 11 is 0. The molecule has 0 saturated heterocycles. The Morgan fingerprint density at radius 2 is 2.27 bits per heavy atom. The van der Waals surface area contributed by atoms with Crippen LogP contribution < -0.4 is 0 Å². The number of nitrogens with zero attached hydrogens (tertiary/aromatic N) is 1. The summed E-state index contributed by atoms with van der Waals surface area (Å²) < 4.78 is 25.2. The number of carboxylic acids is 1. The maximum absolute atomic E-state index is 12.6. The zero-order valence-electron chi connectivity index (χ0n) is 8.15. The highest BCUT2D eigenvalue weighted by atomic mass is 19.3. The number of carboxylic acid groups (broad SMARTS) is 1. The Morgan fingerprint density at radius 3 is 2.73 bits per heavy atom. The van der Waals surface area contributed by atoms with Gasteiger partial charge in [-0.25, -0.2) is 8.78 Å². The topological polar surface area (TPSA) is 50.2 Å². The Morgan fingerprint density at radius 1 is 1.60 bits per heavy atom. The molecule has 1 atom stereocenters. The molecule has 0 bridgehead atoms. The van der Waals surface area contributed by atoms with Crippen LogP contribution in [0.3, 0.4) is 0 Å². The third kappa shape index (κ3) is 2.97. The maximum Gasteiger partial charge on any atom is 0.304 e. The van der Waals surface area contributed by atoms with Crippen LogP contribution >= 0.6 is 0 Å². The lowest BCUT2D eigenvalue weighted by atomic mass is 9.98. The first-order chi connectivity index (χ1) is 7.02. The number of hydrogen-bond acceptors (Lipinski definition) is 2. The van der Waals surface area contributed by atoms with Crippen molar-refractivity contribution < 1.29 is 18.7 Å². The lowest BCUT2D eigenvalue weighted by Gasteiger charge is -2.14. The van der Waals surface area contributed by atoms with Crippen LogP contribution in [0.25, 0.3) is 0 Å². The number of aromatic nitrogens is 1. The Bertz CT molecular complexity index is 355. The van der Waals surface area contributed by atoms with Crippen LogP contribution in [0.1, 0.15) is 23.6 Å². The standard InChI is InChI=1S/C10H11F2NO2/c1-6-3-2-4-13-9(6)7(10(11)12)5-8(14)15/h2-4,7,10H,5H2,1H3,(H,14,15). The molecule has 3 nitrogen and oxygen atoms in total. The molecule has 0 aliphatic carbocycles. The molecule has 1 aromatic rings. The summed E-state index contributed by atoms with van der Waals surface area (Å²) in [4.78, 5) is 14.2. The van der Waals surface area contributed by atoms with E-state index in [1.165, 1.54) is 6.20 Å². The van der Waals surface area contributed by atoms with Crippen molar-refractivity contribution in [2.24, 2.45) is 0 Å². The Kier molecular flexibility index (Phi) is 3.71. The number of aliphatic carboxylic acids is 1. The first kappa shape index (κ1) is 11.6. The van der Waals surface area contributed by atoms with Crippen LogP contribution in [-0.2, 0) is 4.79 Å². The lowest BCUT2D eigenvalue weighted by molar-refractivity contribution is -0.138. The Hall–Kier alpha value is -1.52. The van der Waals surface area contributed by atoms with E-state index in [4.69, 9.17) is 5.11 Å². The molecular weight excluding hydrogens is 204 g/mol. The minimum Gasteiger partial charge on any atom is -0.481 e. The average molecular weight is 215 g/mol. The lowest BCUT2D eigenvalue weighted by Crippen LogP contribution is -2.16. The normalized spacial score (nSPS) is 12.8. The van der Waals surface area contributed by atoms with Crippen molar-refractivity contribution in [1.82, 2.24) is 4.98 Å². The van der Waals surface area contributed by atoms with Gasteiger partial charge in [-0.05, 0) is 18.6 Å². The summed E-state index contributed by atoms with van der Waals surface area (Å²) in [6.45, 7) is 1.64. The largest absolute Gasteiger partial charge is 0.481 e. The molecule has 0 aliphatic rings. The van der Waals surface area contributed by atoms with Crippen molar-refractivity contribution in [3.05, 3.63) is 29.6 Å². The van der Waals surface area contributed by atoms with Crippen LogP contribution in [0, 0.1) is 6.92 Å². The van der Waals surface area contributed by atoms with Crippen LogP contribution in [-0.4, -0.2) is 22.5 Å². The van der Waals surface area contributed by atoms with Crippen molar-refractivity contribution >= 4 is 5.97 Å². The zero-order valence-corrected chi connectivity index (χ0v) is 8.15. The molecule has 15 heavy (non-hydrogen) atoms. The number of aryl methyl sites for hydroxylation is 1. The van der Waals surface area contributed by atoms with Crippen LogP contribution in [0.2, 0.25) is 0 Å². The monoisotopic (exact) mass is 215 g/mol. The predicted octanol–water partition coefficient (Wildman–Crippen LogP) is 2.21. The average Bonchev–Trinajstić information content (AvgIpc) is 2.15. The molecule has 0 aromatic carbocycles. The van der Waals surface area contributed by atoms with Gasteiger partial charge in [-0.15, -0.1) is 0 Å². The highest BCUT2D eigenvalue weighted by Gasteiger charge is 2.27. The highest BCUT2D eigenvalue weighted by molar-refractivity contribution is 5.68. The van der Waals surface area contributed by atoms with E-state index in [0.29, 0.717) is 5.56 Å². The second kappa shape index (κ2) is 4.82. The minimum absolute atomic E-state index is 0.162. The number of halogens is 2. The molecule has 0 amide bonds. The fourth-order valence-electron chi connectivity index (χ4n) is 1.38. The SMILES string of the molecule is Cc1cccnc1C(CC(=O)O)C(F)F. The van der Waals surface area contributed by atoms with Gasteiger partial charge in [0, 0.05) is 6.20 Å². The van der Waals surface area contributed by atoms with Gasteiger partial charge >= 0.3 is 5.97 Å². The number of pyridine rings is 1. The molecular formula is C10H11F2NO2. The number of alkyl halides is 2. The summed E-state index contributed by atoms with van der Waals surface area (Å²) in [6, 6.07) is 3.27. The molecule has 1 rings (SSSR count). The van der Waals surface area contributed by atoms with Gasteiger partial charge in [0.1, 0.15) is 0 Å². The van der Waals surface area contributed by atoms with Crippen molar-refractivity contribution in [3.8, 4) is 0 Å². The number of hydrogen-bond donors (Lipinski definition) is 1. The fourth-order valence-corrected chi connectivity index (χ4v) is 1.38. The third-order valence-electron chi connectivity index (χ3n) is 2.10. The molecule has 0 radical (unpaired) electrons. The summed E-state index contributed by atoms with van der Waals surface area (Å²) in [5.74, 6) is -2.57. The van der Waals surface area contributed by atoms with E-state index in [0.717, 1.165) is 0 Å². The number of rotatable bonds is 4. The summed E-state index contributed by atoms with van der Waals surface area (Å²) in [6.07, 6.45) is -1.93. The van der Waals surface area contributed by atoms with Gasteiger partial charge < -0.3 is 5.11 Å². The predicted molar refractivity (Wildman–Crippen MR) is 50.0 cm³/mol. The van der Waals surface area contributed by atoms with Gasteiger partial charge in [-0.3, -0.25) is 9.78 Å². The van der Waals surface area contributed by atoms with E-state index in [9.17, 15) is 13.6 Å². The summed E-state index contributed by atoms with van der Waals surface area (Å²) in [5, 5.41) is 8.52. The van der Waals surface area contributed by atoms with Crippen molar-refractivity contribution in [3.63, 3.8) is 0 Å². The van der Waals surface area contributed by atoms with Gasteiger partial charge in [-0.2, -0.15) is 0 Å². The minimum atomic E-state index is -2.71. The fraction of sp³-hybridized carbons (Fsp3) is 0.400. The third-order valence-corrected chi connectivity index (χ3v) is 2.10. The first-order valence-electron chi connectivity index (χ1n) is 4.44. The first-order valence-corrected chi connectivity index (χ1v) is 4.44. The highest BCUT2D eigenvalue weighted by Crippen LogP contribution is 2.27. The Balaban J connectivity index is 2.99. The molecule has 82 valence electrons. The van der Waals surface area contributed by atoms with Gasteiger partial charge in [0.25, 0.3) is 0 Å². The molecule has 1 aromatic heterocycles. The zero-order chi connectivity index (χ0) is 11.4. The van der Waals surface area contributed by atoms with Gasteiger partial charge in [0.2, 0.25) is 6.43 Å². The van der Waals surface area contributed by atoms with Crippen molar-refractivity contribution in [1.29, 1.82) is 0 Å². The Labute approximate surface area is 85.8 Å². The smallest absolute Gasteiger partial charge is 0.304 e. The molecule has 0 saturated carbocycles. The quantitative estimate of drug-likeness (QED) is 0.837. The van der Waals surface area contributed by atoms with E-state index in [-0.39, 0.29) is 5.69 Å². The molecule has 1 N–H and O–H groups in total. The maximum atomic E-state index is 12.6. The molecule has 5 heteroatoms. The van der Waals surface area contributed by atoms with E-state index < -0.39 is 24.7 Å². The van der Waals surface area contributed by atoms with Crippen molar-refractivity contribution in [2.45, 2.75) is 25.7 Å². The van der Waals surface area contributed by atoms with Gasteiger partial charge in [-0.1, -0.05) is 6.07 Å².